The molecule has 0 amide bonds. The van der Waals surface area contributed by atoms with Crippen LogP contribution in [0.3, 0.4) is 0 Å². The van der Waals surface area contributed by atoms with Gasteiger partial charge in [0.2, 0.25) is 0 Å². The van der Waals surface area contributed by atoms with Crippen LogP contribution >= 0.6 is 0 Å². The highest BCUT2D eigenvalue weighted by atomic mass is 16.5. The van der Waals surface area contributed by atoms with Crippen molar-refractivity contribution in [2.45, 2.75) is 26.3 Å². The molecular weight excluding hydrogens is 222 g/mol. The quantitative estimate of drug-likeness (QED) is 0.263. The molecule has 0 radical (unpaired) electrons. The summed E-state index contributed by atoms with van der Waals surface area (Å²) in [6, 6.07) is 0. The second-order valence-electron chi connectivity index (χ2n) is 4.32. The predicted octanol–water partition coefficient (Wildman–Crippen LogP) is 1.16. The van der Waals surface area contributed by atoms with Gasteiger partial charge in [-0.2, -0.15) is 0 Å². The van der Waals surface area contributed by atoms with Crippen molar-refractivity contribution in [3.8, 4) is 0 Å². The Morgan fingerprint density at radius 2 is 1.53 bits per heavy atom. The summed E-state index contributed by atoms with van der Waals surface area (Å²) in [6.45, 7) is 5.97. The molecular formula is C12H19NO4. The summed E-state index contributed by atoms with van der Waals surface area (Å²) in [5.41, 5.74) is -0.233. The molecule has 0 saturated heterocycles. The topological polar surface area (TPSA) is 64.6 Å². The Morgan fingerprint density at radius 3 is 1.88 bits per heavy atom. The molecule has 0 aromatic carbocycles. The van der Waals surface area contributed by atoms with Crippen LogP contribution in [0.1, 0.15) is 20.8 Å². The molecule has 5 heteroatoms. The van der Waals surface area contributed by atoms with Crippen LogP contribution in [0, 0.1) is 0 Å². The minimum Gasteiger partial charge on any atom is -0.465 e. The Hall–Kier alpha value is -1.78. The van der Waals surface area contributed by atoms with E-state index in [0.29, 0.717) is 0 Å². The molecule has 1 N–H and O–H groups in total. The minimum absolute atomic E-state index is 0.0823. The number of methoxy groups -OCH3 is 2. The zero-order valence-electron chi connectivity index (χ0n) is 10.9. The van der Waals surface area contributed by atoms with Gasteiger partial charge in [-0.15, -0.1) is 0 Å². The van der Waals surface area contributed by atoms with Crippen molar-refractivity contribution < 1.29 is 19.1 Å². The summed E-state index contributed by atoms with van der Waals surface area (Å²) in [6.07, 6.45) is 4.54. The van der Waals surface area contributed by atoms with Crippen LogP contribution in [-0.4, -0.2) is 31.7 Å². The summed E-state index contributed by atoms with van der Waals surface area (Å²) < 4.78 is 8.94. The van der Waals surface area contributed by atoms with Crippen molar-refractivity contribution in [2.75, 3.05) is 14.2 Å². The van der Waals surface area contributed by atoms with Gasteiger partial charge in [0.25, 0.3) is 0 Å². The molecule has 0 aromatic heterocycles. The molecule has 0 aliphatic rings. The Bertz CT molecular complexity index is 319. The summed E-state index contributed by atoms with van der Waals surface area (Å²) in [7, 11) is 2.41. The third kappa shape index (κ3) is 6.40. The van der Waals surface area contributed by atoms with Crippen LogP contribution in [0.2, 0.25) is 0 Å². The lowest BCUT2D eigenvalue weighted by molar-refractivity contribution is -0.144. The highest BCUT2D eigenvalue weighted by Crippen LogP contribution is 2.02. The van der Waals surface area contributed by atoms with E-state index in [1.807, 2.05) is 20.8 Å². The largest absolute Gasteiger partial charge is 0.465 e. The highest BCUT2D eigenvalue weighted by molar-refractivity contribution is 6.14. The number of ether oxygens (including phenoxy) is 2. The van der Waals surface area contributed by atoms with Gasteiger partial charge in [0, 0.05) is 5.54 Å². The van der Waals surface area contributed by atoms with Gasteiger partial charge < -0.3 is 14.8 Å². The van der Waals surface area contributed by atoms with Crippen molar-refractivity contribution in [3.05, 3.63) is 23.9 Å². The maximum atomic E-state index is 11.3. The molecule has 0 aliphatic heterocycles. The summed E-state index contributed by atoms with van der Waals surface area (Å²) >= 11 is 0. The monoisotopic (exact) mass is 241 g/mol. The minimum atomic E-state index is -0.725. The number of carbonyl (C=O) groups is 2. The van der Waals surface area contributed by atoms with Crippen molar-refractivity contribution in [1.82, 2.24) is 5.32 Å². The number of hydrogen-bond donors (Lipinski definition) is 1. The normalized spacial score (nSPS) is 10.9. The Kier molecular flexibility index (Phi) is 6.02. The fourth-order valence-corrected chi connectivity index (χ4v) is 0.882. The van der Waals surface area contributed by atoms with Gasteiger partial charge in [-0.25, -0.2) is 9.59 Å². The molecule has 0 rings (SSSR count). The van der Waals surface area contributed by atoms with E-state index in [9.17, 15) is 9.59 Å². The van der Waals surface area contributed by atoms with Crippen LogP contribution in [0.4, 0.5) is 0 Å². The molecule has 0 aliphatic carbocycles. The lowest BCUT2D eigenvalue weighted by atomic mass is 10.1. The first-order valence-electron chi connectivity index (χ1n) is 5.13. The molecule has 0 heterocycles. The Morgan fingerprint density at radius 1 is 1.06 bits per heavy atom. The SMILES string of the molecule is COC(=O)C(=CC=CNC(C)(C)C)C(=O)OC. The number of rotatable bonds is 4. The average Bonchev–Trinajstić information content (AvgIpc) is 2.26. The van der Waals surface area contributed by atoms with E-state index in [2.05, 4.69) is 14.8 Å². The van der Waals surface area contributed by atoms with E-state index in [-0.39, 0.29) is 11.1 Å². The molecule has 0 bridgehead atoms. The first-order chi connectivity index (χ1) is 7.81. The molecule has 0 aromatic rings. The maximum absolute atomic E-state index is 11.3. The number of esters is 2. The standard InChI is InChI=1S/C12H19NO4/c1-12(2,3)13-8-6-7-9(10(14)16-4)11(15)17-5/h6-8,13H,1-5H3. The maximum Gasteiger partial charge on any atom is 0.345 e. The predicted molar refractivity (Wildman–Crippen MR) is 64.1 cm³/mol. The fraction of sp³-hybridized carbons (Fsp3) is 0.500. The third-order valence-electron chi connectivity index (χ3n) is 1.69. The van der Waals surface area contributed by atoms with Gasteiger partial charge in [0.05, 0.1) is 14.2 Å². The smallest absolute Gasteiger partial charge is 0.345 e. The number of allylic oxidation sites excluding steroid dienone is 2. The van der Waals surface area contributed by atoms with Gasteiger partial charge >= 0.3 is 11.9 Å². The van der Waals surface area contributed by atoms with Gasteiger partial charge in [-0.1, -0.05) is 0 Å². The van der Waals surface area contributed by atoms with Gasteiger partial charge in [-0.3, -0.25) is 0 Å². The first-order valence-corrected chi connectivity index (χ1v) is 5.13. The van der Waals surface area contributed by atoms with Gasteiger partial charge in [0.1, 0.15) is 5.57 Å². The lowest BCUT2D eigenvalue weighted by Crippen LogP contribution is -2.30. The van der Waals surface area contributed by atoms with Gasteiger partial charge in [0.15, 0.2) is 0 Å². The van der Waals surface area contributed by atoms with Crippen molar-refractivity contribution in [3.63, 3.8) is 0 Å². The number of hydrogen-bond acceptors (Lipinski definition) is 5. The summed E-state index contributed by atoms with van der Waals surface area (Å²) in [4.78, 5) is 22.5. The molecule has 96 valence electrons. The van der Waals surface area contributed by atoms with E-state index in [1.165, 1.54) is 20.3 Å². The molecule has 0 saturated carbocycles. The van der Waals surface area contributed by atoms with Crippen LogP contribution in [0.5, 0.6) is 0 Å². The number of carbonyl (C=O) groups excluding carboxylic acids is 2. The van der Waals surface area contributed by atoms with Crippen molar-refractivity contribution in [2.24, 2.45) is 0 Å². The molecule has 0 unspecified atom stereocenters. The van der Waals surface area contributed by atoms with E-state index < -0.39 is 11.9 Å². The van der Waals surface area contributed by atoms with Crippen LogP contribution in [0.25, 0.3) is 0 Å². The summed E-state index contributed by atoms with van der Waals surface area (Å²) in [5.74, 6) is -1.45. The average molecular weight is 241 g/mol. The number of nitrogens with one attached hydrogen (secondary N) is 1. The first kappa shape index (κ1) is 15.2. The second-order valence-corrected chi connectivity index (χ2v) is 4.32. The fourth-order valence-electron chi connectivity index (χ4n) is 0.882. The van der Waals surface area contributed by atoms with Crippen molar-refractivity contribution >= 4 is 11.9 Å². The molecule has 0 fully saturated rings. The van der Waals surface area contributed by atoms with Crippen LogP contribution in [0.15, 0.2) is 23.9 Å². The van der Waals surface area contributed by atoms with E-state index in [0.717, 1.165) is 0 Å². The molecule has 0 atom stereocenters. The molecule has 0 spiro atoms. The van der Waals surface area contributed by atoms with Crippen LogP contribution in [-0.2, 0) is 19.1 Å². The highest BCUT2D eigenvalue weighted by Gasteiger charge is 2.18. The van der Waals surface area contributed by atoms with Gasteiger partial charge in [-0.05, 0) is 39.1 Å². The Balaban J connectivity index is 4.72. The zero-order valence-corrected chi connectivity index (χ0v) is 10.9. The summed E-state index contributed by atoms with van der Waals surface area (Å²) in [5, 5.41) is 3.06. The van der Waals surface area contributed by atoms with E-state index >= 15 is 0 Å². The van der Waals surface area contributed by atoms with E-state index in [4.69, 9.17) is 0 Å². The lowest BCUT2D eigenvalue weighted by Gasteiger charge is -2.18. The molecule has 5 nitrogen and oxygen atoms in total. The van der Waals surface area contributed by atoms with Crippen LogP contribution < -0.4 is 5.32 Å². The second kappa shape index (κ2) is 6.73. The third-order valence-corrected chi connectivity index (χ3v) is 1.69. The Labute approximate surface area is 101 Å². The zero-order chi connectivity index (χ0) is 13.5. The molecule has 17 heavy (non-hydrogen) atoms. The van der Waals surface area contributed by atoms with Crippen molar-refractivity contribution in [1.29, 1.82) is 0 Å². The van der Waals surface area contributed by atoms with E-state index in [1.54, 1.807) is 12.3 Å².